The fourth-order valence-corrected chi connectivity index (χ4v) is 6.06. The number of H-pyrrole nitrogens is 1. The maximum absolute atomic E-state index is 12.5. The Bertz CT molecular complexity index is 1550. The number of fused-ring (bicyclic) bond motifs is 2. The van der Waals surface area contributed by atoms with E-state index in [1.807, 2.05) is 0 Å². The van der Waals surface area contributed by atoms with Crippen LogP contribution in [0.3, 0.4) is 0 Å². The number of rotatable bonds is 9. The van der Waals surface area contributed by atoms with Crippen LogP contribution in [0.25, 0.3) is 22.2 Å². The van der Waals surface area contributed by atoms with Gasteiger partial charge in [-0.25, -0.2) is 19.9 Å². The van der Waals surface area contributed by atoms with E-state index in [0.717, 1.165) is 25.1 Å². The van der Waals surface area contributed by atoms with Gasteiger partial charge in [0.25, 0.3) is 0 Å². The molecule has 2 aliphatic rings. The van der Waals surface area contributed by atoms with Crippen molar-refractivity contribution in [3.63, 3.8) is 0 Å². The minimum Gasteiger partial charge on any atom is -0.406 e. The van der Waals surface area contributed by atoms with Gasteiger partial charge in [-0.1, -0.05) is 0 Å². The molecule has 4 atom stereocenters. The van der Waals surface area contributed by atoms with Crippen LogP contribution in [0.15, 0.2) is 30.9 Å². The number of hydrogen-bond donors (Lipinski definition) is 4. The molecule has 5 N–H and O–H groups in total. The molecule has 0 bridgehead atoms. The molecular weight excluding hydrogens is 557 g/mol. The molecule has 226 valence electrons. The van der Waals surface area contributed by atoms with Gasteiger partial charge >= 0.3 is 6.36 Å². The molecule has 0 spiro atoms. The van der Waals surface area contributed by atoms with Crippen LogP contribution in [0.4, 0.5) is 19.0 Å². The van der Waals surface area contributed by atoms with E-state index in [1.165, 1.54) is 30.9 Å². The van der Waals surface area contributed by atoms with Gasteiger partial charge in [-0.05, 0) is 51.2 Å². The molecule has 1 aromatic carbocycles. The number of aliphatic hydroxyl groups excluding tert-OH is 2. The van der Waals surface area contributed by atoms with Crippen LogP contribution in [-0.2, 0) is 11.2 Å². The van der Waals surface area contributed by atoms with Crippen LogP contribution in [-0.4, -0.2) is 87.9 Å². The number of aliphatic hydroxyl groups is 2. The summed E-state index contributed by atoms with van der Waals surface area (Å²) in [6, 6.07) is 4.55. The first kappa shape index (κ1) is 28.6. The Labute approximate surface area is 238 Å². The third-order valence-corrected chi connectivity index (χ3v) is 8.26. The van der Waals surface area contributed by atoms with Crippen molar-refractivity contribution in [3.05, 3.63) is 36.7 Å². The smallest absolute Gasteiger partial charge is 0.406 e. The highest BCUT2D eigenvalue weighted by Gasteiger charge is 2.46. The molecule has 1 aliphatic heterocycles. The number of hydrogen-bond acceptors (Lipinski definition) is 10. The van der Waals surface area contributed by atoms with Crippen LogP contribution in [0.2, 0.25) is 0 Å². The van der Waals surface area contributed by atoms with Crippen molar-refractivity contribution in [2.75, 3.05) is 12.3 Å². The molecule has 1 aliphatic carbocycles. The van der Waals surface area contributed by atoms with Crippen molar-refractivity contribution in [1.82, 2.24) is 34.4 Å². The standard InChI is InChI=1S/C27H33F3N8O4/c1-13(2)37(10-19-22(39)23(40)26(41-19)38-12-34-21-24(31)32-11-33-25(21)38)15-7-14(8-15)3-6-20-35-17-5-4-16(9-18(17)36-20)42-27(28,29)30/h4-5,9,11-15,19,22-23,26,39-40H,3,6-8,10H2,1-2H3,(H,35,36)(H2,31,32,33). The van der Waals surface area contributed by atoms with E-state index in [2.05, 4.69) is 48.4 Å². The highest BCUT2D eigenvalue weighted by molar-refractivity contribution is 5.81. The van der Waals surface area contributed by atoms with E-state index in [0.29, 0.717) is 47.1 Å². The Kier molecular flexibility index (Phi) is 7.45. The van der Waals surface area contributed by atoms with E-state index in [1.54, 1.807) is 4.57 Å². The fourth-order valence-electron chi connectivity index (χ4n) is 6.06. The topological polar surface area (TPSA) is 160 Å². The SMILES string of the molecule is CC(C)N(CC1OC(n2cnc3c(N)ncnc32)C(O)C1O)C1CC(CCc2nc3ccc(OC(F)(F)F)cc3[nH]2)C1. The molecule has 0 amide bonds. The van der Waals surface area contributed by atoms with Crippen LogP contribution < -0.4 is 10.5 Å². The van der Waals surface area contributed by atoms with Crippen molar-refractivity contribution in [2.45, 2.75) is 82.5 Å². The lowest BCUT2D eigenvalue weighted by Crippen LogP contribution is -2.52. The lowest BCUT2D eigenvalue weighted by molar-refractivity contribution is -0.274. The Morgan fingerprint density at radius 2 is 1.98 bits per heavy atom. The third kappa shape index (κ3) is 5.61. The van der Waals surface area contributed by atoms with Crippen molar-refractivity contribution in [1.29, 1.82) is 0 Å². The molecule has 0 radical (unpaired) electrons. The van der Waals surface area contributed by atoms with Crippen molar-refractivity contribution in [2.24, 2.45) is 5.92 Å². The number of nitrogens with zero attached hydrogens (tertiary/aromatic N) is 6. The number of aryl methyl sites for hydroxylation is 1. The summed E-state index contributed by atoms with van der Waals surface area (Å²) in [5.41, 5.74) is 7.80. The van der Waals surface area contributed by atoms with Gasteiger partial charge in [-0.2, -0.15) is 0 Å². The van der Waals surface area contributed by atoms with Gasteiger partial charge in [-0.3, -0.25) is 9.47 Å². The van der Waals surface area contributed by atoms with E-state index in [-0.39, 0.29) is 17.6 Å². The number of nitrogen functional groups attached to an aromatic ring is 1. The van der Waals surface area contributed by atoms with Gasteiger partial charge in [0.05, 0.1) is 17.4 Å². The lowest BCUT2D eigenvalue weighted by Gasteiger charge is -2.46. The summed E-state index contributed by atoms with van der Waals surface area (Å²) in [4.78, 5) is 22.3. The summed E-state index contributed by atoms with van der Waals surface area (Å²) in [5.74, 6) is 1.12. The number of ether oxygens (including phenoxy) is 2. The molecule has 6 rings (SSSR count). The second-order valence-electron chi connectivity index (χ2n) is 11.4. The molecule has 2 fully saturated rings. The molecule has 15 heteroatoms. The minimum absolute atomic E-state index is 0.188. The molecule has 3 aromatic heterocycles. The summed E-state index contributed by atoms with van der Waals surface area (Å²) < 4.78 is 49.3. The fraction of sp³-hybridized carbons (Fsp3) is 0.556. The Morgan fingerprint density at radius 1 is 1.19 bits per heavy atom. The number of anilines is 1. The van der Waals surface area contributed by atoms with Gasteiger partial charge in [-0.15, -0.1) is 13.2 Å². The normalized spacial score (nSPS) is 26.5. The quantitative estimate of drug-likeness (QED) is 0.228. The summed E-state index contributed by atoms with van der Waals surface area (Å²) in [6.07, 6.45) is -2.24. The zero-order valence-corrected chi connectivity index (χ0v) is 23.1. The first-order valence-corrected chi connectivity index (χ1v) is 13.9. The molecule has 1 saturated carbocycles. The zero-order chi connectivity index (χ0) is 29.8. The zero-order valence-electron chi connectivity index (χ0n) is 23.1. The summed E-state index contributed by atoms with van der Waals surface area (Å²) in [7, 11) is 0. The van der Waals surface area contributed by atoms with E-state index in [9.17, 15) is 23.4 Å². The highest BCUT2D eigenvalue weighted by atomic mass is 19.4. The average molecular weight is 591 g/mol. The molecule has 4 unspecified atom stereocenters. The monoisotopic (exact) mass is 590 g/mol. The first-order valence-electron chi connectivity index (χ1n) is 13.9. The maximum Gasteiger partial charge on any atom is 0.573 e. The van der Waals surface area contributed by atoms with Gasteiger partial charge in [0.15, 0.2) is 17.7 Å². The molecule has 12 nitrogen and oxygen atoms in total. The van der Waals surface area contributed by atoms with Crippen molar-refractivity contribution in [3.8, 4) is 5.75 Å². The van der Waals surface area contributed by atoms with Crippen LogP contribution >= 0.6 is 0 Å². The van der Waals surface area contributed by atoms with E-state index >= 15 is 0 Å². The van der Waals surface area contributed by atoms with Crippen LogP contribution in [0, 0.1) is 5.92 Å². The van der Waals surface area contributed by atoms with Gasteiger partial charge < -0.3 is 30.4 Å². The third-order valence-electron chi connectivity index (χ3n) is 8.26. The first-order chi connectivity index (χ1) is 20.0. The summed E-state index contributed by atoms with van der Waals surface area (Å²) in [6.45, 7) is 4.63. The second kappa shape index (κ2) is 10.9. The molecule has 4 aromatic rings. The number of aromatic nitrogens is 6. The van der Waals surface area contributed by atoms with E-state index in [4.69, 9.17) is 10.5 Å². The predicted molar refractivity (Wildman–Crippen MR) is 145 cm³/mol. The van der Waals surface area contributed by atoms with Crippen molar-refractivity contribution >= 4 is 28.0 Å². The molecule has 1 saturated heterocycles. The predicted octanol–water partition coefficient (Wildman–Crippen LogP) is 2.92. The van der Waals surface area contributed by atoms with Crippen LogP contribution in [0.5, 0.6) is 5.75 Å². The molecular formula is C27H33F3N8O4. The second-order valence-corrected chi connectivity index (χ2v) is 11.4. The lowest BCUT2D eigenvalue weighted by atomic mass is 9.76. The number of alkyl halides is 3. The summed E-state index contributed by atoms with van der Waals surface area (Å²) in [5, 5.41) is 21.7. The summed E-state index contributed by atoms with van der Waals surface area (Å²) >= 11 is 0. The molecule has 4 heterocycles. The average Bonchev–Trinajstić information content (AvgIpc) is 3.58. The molecule has 42 heavy (non-hydrogen) atoms. The minimum atomic E-state index is -4.75. The van der Waals surface area contributed by atoms with Gasteiger partial charge in [0.2, 0.25) is 0 Å². The number of benzene rings is 1. The number of halogens is 3. The number of nitrogens with two attached hydrogens (primary N) is 1. The largest absolute Gasteiger partial charge is 0.573 e. The maximum atomic E-state index is 12.5. The van der Waals surface area contributed by atoms with Crippen molar-refractivity contribution < 1.29 is 32.9 Å². The van der Waals surface area contributed by atoms with E-state index < -0.39 is 30.9 Å². The number of nitrogens with one attached hydrogen (secondary N) is 1. The Morgan fingerprint density at radius 3 is 2.71 bits per heavy atom. The Hall–Kier alpha value is -3.53. The highest BCUT2D eigenvalue weighted by Crippen LogP contribution is 2.38. The number of aromatic amines is 1. The van der Waals surface area contributed by atoms with Gasteiger partial charge in [0, 0.05) is 31.1 Å². The number of imidazole rings is 2. The van der Waals surface area contributed by atoms with Gasteiger partial charge in [0.1, 0.15) is 41.7 Å². The Balaban J connectivity index is 1.04. The van der Waals surface area contributed by atoms with Crippen LogP contribution in [0.1, 0.15) is 45.2 Å².